The number of para-hydroxylation sites is 1. The second-order valence-corrected chi connectivity index (χ2v) is 8.95. The number of anilines is 1. The maximum Gasteiger partial charge on any atom is 0.276 e. The van der Waals surface area contributed by atoms with Gasteiger partial charge in [0.2, 0.25) is 0 Å². The number of rotatable bonds is 6. The minimum Gasteiger partial charge on any atom is -0.488 e. The molecule has 5 rings (SSSR count). The van der Waals surface area contributed by atoms with Crippen molar-refractivity contribution in [2.75, 3.05) is 5.32 Å². The molecule has 0 spiro atoms. The van der Waals surface area contributed by atoms with E-state index in [0.717, 1.165) is 15.6 Å². The summed E-state index contributed by atoms with van der Waals surface area (Å²) >= 11 is 3.43. The Morgan fingerprint density at radius 1 is 0.914 bits per heavy atom. The number of halogens is 1. The molecule has 0 aromatic heterocycles. The minimum absolute atomic E-state index is 0.315. The average molecular weight is 528 g/mol. The van der Waals surface area contributed by atoms with Crippen molar-refractivity contribution in [3.63, 3.8) is 0 Å². The Hall–Kier alpha value is -4.10. The monoisotopic (exact) mass is 527 g/mol. The summed E-state index contributed by atoms with van der Waals surface area (Å²) in [5.74, 6) is -0.321. The van der Waals surface area contributed by atoms with Crippen LogP contribution < -0.4 is 15.5 Å². The first kappa shape index (κ1) is 22.7. The standard InChI is InChI=1S/C28H22BrN3O3/c29-21-15-16-24-23(17-21)28(34)32(26(30-24)20-11-5-2-6-12-20)31-27(33)22-13-7-8-14-25(22)35-18-19-9-3-1-4-10-19/h1-17,26,30H,18H2,(H,31,33). The normalized spacial score (nSPS) is 14.6. The molecule has 1 atom stereocenters. The summed E-state index contributed by atoms with van der Waals surface area (Å²) in [6.45, 7) is 0.323. The van der Waals surface area contributed by atoms with Crippen LogP contribution in [0.1, 0.15) is 38.0 Å². The highest BCUT2D eigenvalue weighted by atomic mass is 79.9. The highest BCUT2D eigenvalue weighted by Crippen LogP contribution is 2.34. The predicted molar refractivity (Wildman–Crippen MR) is 138 cm³/mol. The molecule has 1 unspecified atom stereocenters. The summed E-state index contributed by atoms with van der Waals surface area (Å²) in [5.41, 5.74) is 6.14. The minimum atomic E-state index is -0.585. The van der Waals surface area contributed by atoms with E-state index in [4.69, 9.17) is 4.74 Å². The van der Waals surface area contributed by atoms with Crippen LogP contribution in [0.3, 0.4) is 0 Å². The number of ether oxygens (including phenoxy) is 1. The van der Waals surface area contributed by atoms with Gasteiger partial charge in [0.1, 0.15) is 18.5 Å². The molecule has 1 heterocycles. The van der Waals surface area contributed by atoms with Gasteiger partial charge in [0, 0.05) is 10.2 Å². The van der Waals surface area contributed by atoms with E-state index in [9.17, 15) is 9.59 Å². The molecular weight excluding hydrogens is 506 g/mol. The number of carbonyl (C=O) groups is 2. The lowest BCUT2D eigenvalue weighted by Gasteiger charge is -2.38. The van der Waals surface area contributed by atoms with Crippen molar-refractivity contribution in [2.45, 2.75) is 12.8 Å². The van der Waals surface area contributed by atoms with Gasteiger partial charge in [-0.2, -0.15) is 0 Å². The first-order chi connectivity index (χ1) is 17.1. The molecule has 2 amide bonds. The maximum absolute atomic E-state index is 13.5. The predicted octanol–water partition coefficient (Wildman–Crippen LogP) is 5.94. The van der Waals surface area contributed by atoms with Crippen LogP contribution in [0.15, 0.2) is 108 Å². The van der Waals surface area contributed by atoms with Gasteiger partial charge in [-0.05, 0) is 41.5 Å². The van der Waals surface area contributed by atoms with Crippen molar-refractivity contribution in [1.29, 1.82) is 0 Å². The van der Waals surface area contributed by atoms with Crippen LogP contribution in [0.2, 0.25) is 0 Å². The van der Waals surface area contributed by atoms with Gasteiger partial charge >= 0.3 is 0 Å². The molecule has 7 heteroatoms. The number of nitrogens with zero attached hydrogens (tertiary/aromatic N) is 1. The van der Waals surface area contributed by atoms with E-state index < -0.39 is 12.1 Å². The van der Waals surface area contributed by atoms with Crippen LogP contribution in [0.25, 0.3) is 0 Å². The van der Waals surface area contributed by atoms with Gasteiger partial charge in [0.15, 0.2) is 0 Å². The van der Waals surface area contributed by atoms with Gasteiger partial charge in [0.05, 0.1) is 11.1 Å². The number of hydrogen-bond donors (Lipinski definition) is 2. The summed E-state index contributed by atoms with van der Waals surface area (Å²) in [7, 11) is 0. The molecule has 6 nitrogen and oxygen atoms in total. The number of hydrazine groups is 1. The molecule has 0 aliphatic carbocycles. The summed E-state index contributed by atoms with van der Waals surface area (Å²) < 4.78 is 6.73. The van der Waals surface area contributed by atoms with Crippen molar-refractivity contribution in [1.82, 2.24) is 10.4 Å². The molecule has 0 fully saturated rings. The molecule has 35 heavy (non-hydrogen) atoms. The second kappa shape index (κ2) is 10.0. The van der Waals surface area contributed by atoms with Crippen molar-refractivity contribution >= 4 is 33.4 Å². The van der Waals surface area contributed by atoms with Gasteiger partial charge in [-0.1, -0.05) is 88.7 Å². The molecule has 4 aromatic rings. The fraction of sp³-hybridized carbons (Fsp3) is 0.0714. The van der Waals surface area contributed by atoms with Crippen LogP contribution in [0.4, 0.5) is 5.69 Å². The first-order valence-corrected chi connectivity index (χ1v) is 11.9. The third kappa shape index (κ3) is 4.90. The number of fused-ring (bicyclic) bond motifs is 1. The number of amides is 2. The highest BCUT2D eigenvalue weighted by molar-refractivity contribution is 9.10. The summed E-state index contributed by atoms with van der Waals surface area (Å²) in [5, 5.41) is 4.71. The molecular formula is C28H22BrN3O3. The van der Waals surface area contributed by atoms with E-state index in [-0.39, 0.29) is 5.91 Å². The molecule has 174 valence electrons. The van der Waals surface area contributed by atoms with Crippen LogP contribution in [0.5, 0.6) is 5.75 Å². The SMILES string of the molecule is O=C(NN1C(=O)c2cc(Br)ccc2NC1c1ccccc1)c1ccccc1OCc1ccccc1. The molecule has 4 aromatic carbocycles. The van der Waals surface area contributed by atoms with Gasteiger partial charge in [-0.25, -0.2) is 5.01 Å². The lowest BCUT2D eigenvalue weighted by Crippen LogP contribution is -2.52. The Kier molecular flexibility index (Phi) is 6.50. The largest absolute Gasteiger partial charge is 0.488 e. The number of carbonyl (C=O) groups excluding carboxylic acids is 2. The Morgan fingerprint density at radius 3 is 2.37 bits per heavy atom. The Balaban J connectivity index is 1.44. The zero-order valence-corrected chi connectivity index (χ0v) is 20.2. The molecule has 1 aliphatic heterocycles. The van der Waals surface area contributed by atoms with Crippen LogP contribution in [-0.4, -0.2) is 16.8 Å². The third-order valence-corrected chi connectivity index (χ3v) is 6.18. The van der Waals surface area contributed by atoms with E-state index in [2.05, 4.69) is 26.7 Å². The number of hydrogen-bond acceptors (Lipinski definition) is 4. The third-order valence-electron chi connectivity index (χ3n) is 5.69. The zero-order valence-electron chi connectivity index (χ0n) is 18.6. The quantitative estimate of drug-likeness (QED) is 0.325. The highest BCUT2D eigenvalue weighted by Gasteiger charge is 2.35. The number of nitrogens with one attached hydrogen (secondary N) is 2. The van der Waals surface area contributed by atoms with Crippen molar-refractivity contribution in [2.24, 2.45) is 0 Å². The zero-order chi connectivity index (χ0) is 24.2. The van der Waals surface area contributed by atoms with Crippen molar-refractivity contribution in [3.8, 4) is 5.75 Å². The molecule has 0 bridgehead atoms. The van der Waals surface area contributed by atoms with E-state index >= 15 is 0 Å². The lowest BCUT2D eigenvalue weighted by molar-refractivity contribution is 0.0489. The van der Waals surface area contributed by atoms with Gasteiger partial charge < -0.3 is 10.1 Å². The van der Waals surface area contributed by atoms with E-state index in [0.29, 0.717) is 29.2 Å². The molecule has 0 saturated carbocycles. The summed E-state index contributed by atoms with van der Waals surface area (Å²) in [6.07, 6.45) is -0.585. The first-order valence-electron chi connectivity index (χ1n) is 11.1. The van der Waals surface area contributed by atoms with E-state index in [1.165, 1.54) is 5.01 Å². The molecule has 0 saturated heterocycles. The smallest absolute Gasteiger partial charge is 0.276 e. The molecule has 0 radical (unpaired) electrons. The van der Waals surface area contributed by atoms with Gasteiger partial charge in [-0.15, -0.1) is 0 Å². The summed E-state index contributed by atoms with van der Waals surface area (Å²) in [6, 6.07) is 31.7. The van der Waals surface area contributed by atoms with Crippen LogP contribution in [-0.2, 0) is 6.61 Å². The average Bonchev–Trinajstić information content (AvgIpc) is 2.90. The van der Waals surface area contributed by atoms with Crippen LogP contribution >= 0.6 is 15.9 Å². The molecule has 1 aliphatic rings. The second-order valence-electron chi connectivity index (χ2n) is 8.03. The lowest BCUT2D eigenvalue weighted by atomic mass is 10.0. The van der Waals surface area contributed by atoms with Gasteiger partial charge in [-0.3, -0.25) is 15.0 Å². The van der Waals surface area contributed by atoms with Crippen LogP contribution in [0, 0.1) is 0 Å². The van der Waals surface area contributed by atoms with E-state index in [1.54, 1.807) is 24.3 Å². The topological polar surface area (TPSA) is 70.7 Å². The fourth-order valence-electron chi connectivity index (χ4n) is 3.95. The fourth-order valence-corrected chi connectivity index (χ4v) is 4.31. The molecule has 2 N–H and O–H groups in total. The van der Waals surface area contributed by atoms with Crippen molar-refractivity contribution in [3.05, 3.63) is 130 Å². The Labute approximate surface area is 211 Å². The van der Waals surface area contributed by atoms with Crippen molar-refractivity contribution < 1.29 is 14.3 Å². The number of benzene rings is 4. The maximum atomic E-state index is 13.5. The Bertz CT molecular complexity index is 1360. The Morgan fingerprint density at radius 2 is 1.60 bits per heavy atom. The van der Waals surface area contributed by atoms with E-state index in [1.807, 2.05) is 78.9 Å². The summed E-state index contributed by atoms with van der Waals surface area (Å²) in [4.78, 5) is 27.0. The van der Waals surface area contributed by atoms with Gasteiger partial charge in [0.25, 0.3) is 11.8 Å².